The molecule has 2 unspecified atom stereocenters. The van der Waals surface area contributed by atoms with Gasteiger partial charge in [-0.1, -0.05) is 11.5 Å². The third-order valence-electron chi connectivity index (χ3n) is 3.07. The van der Waals surface area contributed by atoms with Gasteiger partial charge in [0.25, 0.3) is 0 Å². The highest BCUT2D eigenvalue weighted by Gasteiger charge is 2.45. The van der Waals surface area contributed by atoms with Crippen molar-refractivity contribution in [2.24, 2.45) is 5.92 Å². The van der Waals surface area contributed by atoms with E-state index in [1.807, 2.05) is 25.1 Å². The molecule has 17 heavy (non-hydrogen) atoms. The number of hydrogen-bond donors (Lipinski definition) is 0. The van der Waals surface area contributed by atoms with Crippen LogP contribution < -0.4 is 10.2 Å². The molecule has 1 aliphatic rings. The van der Waals surface area contributed by atoms with Crippen LogP contribution >= 0.6 is 0 Å². The molecule has 88 valence electrons. The Kier molecular flexibility index (Phi) is 3.41. The van der Waals surface area contributed by atoms with Gasteiger partial charge in [0, 0.05) is 0 Å². The van der Waals surface area contributed by atoms with Crippen molar-refractivity contribution in [2.45, 2.75) is 19.3 Å². The van der Waals surface area contributed by atoms with Crippen molar-refractivity contribution in [3.05, 3.63) is 23.8 Å². The van der Waals surface area contributed by atoms with Crippen LogP contribution in [0.3, 0.4) is 0 Å². The zero-order valence-electron chi connectivity index (χ0n) is 10.1. The van der Waals surface area contributed by atoms with Crippen LogP contribution in [0.4, 0.5) is 0 Å². The Bertz CT molecular complexity index is 431. The fourth-order valence-electron chi connectivity index (χ4n) is 2.05. The van der Waals surface area contributed by atoms with Crippen LogP contribution in [0.2, 0.25) is 0 Å². The van der Waals surface area contributed by atoms with Crippen molar-refractivity contribution in [1.29, 1.82) is 0 Å². The Morgan fingerprint density at radius 3 is 2.94 bits per heavy atom. The molecule has 1 saturated carbocycles. The van der Waals surface area contributed by atoms with E-state index >= 15 is 0 Å². The lowest BCUT2D eigenvalue weighted by Gasteiger charge is -2.08. The van der Waals surface area contributed by atoms with Crippen molar-refractivity contribution in [3.8, 4) is 5.75 Å². The van der Waals surface area contributed by atoms with E-state index in [2.05, 4.69) is 0 Å². The molecule has 1 aromatic rings. The first-order valence-corrected chi connectivity index (χ1v) is 5.77. The summed E-state index contributed by atoms with van der Waals surface area (Å²) in [5, 5.41) is 0. The molecule has 0 N–H and O–H groups in total. The first kappa shape index (κ1) is 12.0. The molecule has 1 fully saturated rings. The third-order valence-corrected chi connectivity index (χ3v) is 3.07. The van der Waals surface area contributed by atoms with Crippen molar-refractivity contribution >= 4 is 19.3 Å². The average molecular weight is 230 g/mol. The summed E-state index contributed by atoms with van der Waals surface area (Å²) in [4.78, 5) is 11.6. The van der Waals surface area contributed by atoms with E-state index in [4.69, 9.17) is 17.3 Å². The largest absolute Gasteiger partial charge is 0.497 e. The van der Waals surface area contributed by atoms with E-state index in [9.17, 15) is 4.79 Å². The molecule has 2 radical (unpaired) electrons. The maximum atomic E-state index is 11.6. The summed E-state index contributed by atoms with van der Waals surface area (Å²) in [6, 6.07) is 5.54. The number of carbonyl (C=O) groups excluding carboxylic acids is 1. The quantitative estimate of drug-likeness (QED) is 0.575. The number of rotatable bonds is 4. The fraction of sp³-hybridized carbons (Fsp3) is 0.462. The molecule has 1 aromatic carbocycles. The maximum Gasteiger partial charge on any atom is 0.309 e. The molecule has 4 heteroatoms. The minimum absolute atomic E-state index is 0.0376. The number of hydrogen-bond acceptors (Lipinski definition) is 3. The van der Waals surface area contributed by atoms with Gasteiger partial charge in [0.05, 0.1) is 19.6 Å². The maximum absolute atomic E-state index is 11.6. The molecule has 2 atom stereocenters. The topological polar surface area (TPSA) is 35.5 Å². The normalized spacial score (nSPS) is 22.0. The molecule has 0 bridgehead atoms. The van der Waals surface area contributed by atoms with Gasteiger partial charge in [-0.25, -0.2) is 0 Å². The van der Waals surface area contributed by atoms with Crippen LogP contribution in [-0.4, -0.2) is 27.5 Å². The number of benzene rings is 1. The summed E-state index contributed by atoms with van der Waals surface area (Å²) >= 11 is 0. The molecular weight excluding hydrogens is 215 g/mol. The second kappa shape index (κ2) is 4.82. The van der Waals surface area contributed by atoms with Crippen molar-refractivity contribution in [2.75, 3.05) is 13.7 Å². The number of methoxy groups -OCH3 is 1. The Hall–Kier alpha value is -1.45. The number of ether oxygens (including phenoxy) is 2. The second-order valence-electron chi connectivity index (χ2n) is 4.20. The van der Waals surface area contributed by atoms with Crippen molar-refractivity contribution in [1.82, 2.24) is 0 Å². The number of carbonyl (C=O) groups is 1. The van der Waals surface area contributed by atoms with E-state index in [0.717, 1.165) is 17.7 Å². The molecule has 0 aromatic heterocycles. The Morgan fingerprint density at radius 1 is 1.53 bits per heavy atom. The van der Waals surface area contributed by atoms with Gasteiger partial charge in [-0.3, -0.25) is 4.79 Å². The highest BCUT2D eigenvalue weighted by Crippen LogP contribution is 2.48. The van der Waals surface area contributed by atoms with Gasteiger partial charge in [-0.05, 0) is 37.0 Å². The minimum Gasteiger partial charge on any atom is -0.497 e. The summed E-state index contributed by atoms with van der Waals surface area (Å²) in [7, 11) is 7.53. The molecular formula is C13H15BO3. The Balaban J connectivity index is 2.12. The predicted octanol–water partition coefficient (Wildman–Crippen LogP) is 1.16. The van der Waals surface area contributed by atoms with Gasteiger partial charge in [0.2, 0.25) is 0 Å². The first-order valence-electron chi connectivity index (χ1n) is 5.77. The van der Waals surface area contributed by atoms with Crippen LogP contribution in [0.25, 0.3) is 0 Å². The second-order valence-corrected chi connectivity index (χ2v) is 4.20. The summed E-state index contributed by atoms with van der Waals surface area (Å²) in [5.41, 5.74) is 1.70. The molecule has 0 saturated heterocycles. The van der Waals surface area contributed by atoms with E-state index < -0.39 is 0 Å². The SMILES string of the molecule is [B]c1ccc(OC)cc1C1CC1C(=O)OCC. The summed E-state index contributed by atoms with van der Waals surface area (Å²) in [5.74, 6) is 0.789. The fourth-order valence-corrected chi connectivity index (χ4v) is 2.05. The zero-order valence-corrected chi connectivity index (χ0v) is 10.1. The zero-order chi connectivity index (χ0) is 12.4. The first-order chi connectivity index (χ1) is 8.17. The van der Waals surface area contributed by atoms with Crippen molar-refractivity contribution < 1.29 is 14.3 Å². The summed E-state index contributed by atoms with van der Waals surface area (Å²) in [6.07, 6.45) is 0.816. The Labute approximate surface area is 103 Å². The third kappa shape index (κ3) is 2.46. The molecule has 0 aliphatic heterocycles. The average Bonchev–Trinajstić information content (AvgIpc) is 3.10. The van der Waals surface area contributed by atoms with E-state index in [1.54, 1.807) is 7.11 Å². The van der Waals surface area contributed by atoms with E-state index in [0.29, 0.717) is 12.1 Å². The van der Waals surface area contributed by atoms with Gasteiger partial charge in [-0.2, -0.15) is 0 Å². The van der Waals surface area contributed by atoms with Gasteiger partial charge in [0.15, 0.2) is 0 Å². The molecule has 0 spiro atoms. The van der Waals surface area contributed by atoms with Gasteiger partial charge in [0.1, 0.15) is 13.6 Å². The number of esters is 1. The lowest BCUT2D eigenvalue weighted by Crippen LogP contribution is -2.12. The van der Waals surface area contributed by atoms with Crippen LogP contribution in [0.5, 0.6) is 5.75 Å². The molecule has 0 amide bonds. The lowest BCUT2D eigenvalue weighted by atomic mass is 9.87. The van der Waals surface area contributed by atoms with Gasteiger partial charge < -0.3 is 9.47 Å². The standard InChI is InChI=1S/C13H15BO3/c1-3-17-13(15)11-7-9(11)10-6-8(16-2)4-5-12(10)14/h4-6,9,11H,3,7H2,1-2H3. The van der Waals surface area contributed by atoms with Gasteiger partial charge >= 0.3 is 5.97 Å². The molecule has 0 heterocycles. The lowest BCUT2D eigenvalue weighted by molar-refractivity contribution is -0.144. The van der Waals surface area contributed by atoms with Crippen molar-refractivity contribution in [3.63, 3.8) is 0 Å². The van der Waals surface area contributed by atoms with E-state index in [-0.39, 0.29) is 17.8 Å². The van der Waals surface area contributed by atoms with Crippen LogP contribution in [0.15, 0.2) is 18.2 Å². The Morgan fingerprint density at radius 2 is 2.29 bits per heavy atom. The highest BCUT2D eigenvalue weighted by atomic mass is 16.5. The summed E-state index contributed by atoms with van der Waals surface area (Å²) in [6.45, 7) is 2.24. The molecule has 3 nitrogen and oxygen atoms in total. The minimum atomic E-state index is -0.125. The molecule has 2 rings (SSSR count). The molecule has 1 aliphatic carbocycles. The highest BCUT2D eigenvalue weighted by molar-refractivity contribution is 6.33. The van der Waals surface area contributed by atoms with Crippen LogP contribution in [-0.2, 0) is 9.53 Å². The van der Waals surface area contributed by atoms with Crippen LogP contribution in [0, 0.1) is 5.92 Å². The monoisotopic (exact) mass is 230 g/mol. The van der Waals surface area contributed by atoms with Gasteiger partial charge in [-0.15, -0.1) is 0 Å². The smallest absolute Gasteiger partial charge is 0.309 e. The summed E-state index contributed by atoms with van der Waals surface area (Å²) < 4.78 is 10.2. The van der Waals surface area contributed by atoms with Crippen LogP contribution in [0.1, 0.15) is 24.8 Å². The van der Waals surface area contributed by atoms with E-state index in [1.165, 1.54) is 0 Å². The predicted molar refractivity (Wildman–Crippen MR) is 65.9 cm³/mol.